The number of carbonyl (C=O) groups is 2. The predicted octanol–water partition coefficient (Wildman–Crippen LogP) is 4.16. The Hall–Kier alpha value is -3.33. The highest BCUT2D eigenvalue weighted by molar-refractivity contribution is 6.31. The minimum Gasteiger partial charge on any atom is -0.441 e. The minimum atomic E-state index is -0.498. The van der Waals surface area contributed by atoms with Crippen molar-refractivity contribution in [1.82, 2.24) is 20.8 Å². The zero-order chi connectivity index (χ0) is 24.4. The molecule has 1 saturated carbocycles. The van der Waals surface area contributed by atoms with Crippen molar-refractivity contribution in [2.75, 3.05) is 31.6 Å². The Balaban J connectivity index is 1.03. The van der Waals surface area contributed by atoms with Gasteiger partial charge in [0.2, 0.25) is 0 Å². The van der Waals surface area contributed by atoms with Gasteiger partial charge in [-0.15, -0.1) is 0 Å². The molecule has 3 heterocycles. The molecular formula is C25H28ClN5O4. The highest BCUT2D eigenvalue weighted by Gasteiger charge is 2.45. The fraction of sp³-hybridized carbons (Fsp3) is 0.440. The molecule has 1 aromatic carbocycles. The van der Waals surface area contributed by atoms with Crippen molar-refractivity contribution in [3.63, 3.8) is 0 Å². The second kappa shape index (κ2) is 9.73. The summed E-state index contributed by atoms with van der Waals surface area (Å²) in [5, 5.41) is 10.7. The highest BCUT2D eigenvalue weighted by Crippen LogP contribution is 2.52. The number of rotatable bonds is 6. The molecule has 2 aliphatic rings. The van der Waals surface area contributed by atoms with Crippen molar-refractivity contribution in [1.29, 1.82) is 0 Å². The van der Waals surface area contributed by atoms with Crippen LogP contribution >= 0.6 is 11.6 Å². The maximum absolute atomic E-state index is 12.0. The molecule has 2 N–H and O–H groups in total. The van der Waals surface area contributed by atoms with Gasteiger partial charge in [-0.3, -0.25) is 4.79 Å². The number of fused-ring (bicyclic) bond motifs is 1. The summed E-state index contributed by atoms with van der Waals surface area (Å²) in [6.45, 7) is 2.50. The van der Waals surface area contributed by atoms with Crippen molar-refractivity contribution < 1.29 is 18.8 Å². The van der Waals surface area contributed by atoms with Crippen LogP contribution < -0.4 is 15.5 Å². The second-order valence-electron chi connectivity index (χ2n) is 9.48. The lowest BCUT2D eigenvalue weighted by Gasteiger charge is -2.52. The Kier molecular flexibility index (Phi) is 6.51. The Morgan fingerprint density at radius 2 is 2.00 bits per heavy atom. The third-order valence-corrected chi connectivity index (χ3v) is 7.36. The Labute approximate surface area is 208 Å². The van der Waals surface area contributed by atoms with Gasteiger partial charge in [-0.05, 0) is 67.3 Å². The van der Waals surface area contributed by atoms with Gasteiger partial charge >= 0.3 is 6.09 Å². The van der Waals surface area contributed by atoms with E-state index in [1.165, 1.54) is 13.1 Å². The van der Waals surface area contributed by atoms with E-state index < -0.39 is 6.09 Å². The number of pyridine rings is 1. The number of aromatic nitrogens is 2. The van der Waals surface area contributed by atoms with Crippen LogP contribution in [0.5, 0.6) is 0 Å². The van der Waals surface area contributed by atoms with E-state index in [0.29, 0.717) is 23.6 Å². The number of amides is 2. The molecule has 1 aliphatic carbocycles. The van der Waals surface area contributed by atoms with Crippen molar-refractivity contribution in [3.05, 3.63) is 52.9 Å². The molecule has 1 saturated heterocycles. The minimum absolute atomic E-state index is 0.0733. The summed E-state index contributed by atoms with van der Waals surface area (Å²) >= 11 is 6.08. The van der Waals surface area contributed by atoms with E-state index in [9.17, 15) is 9.59 Å². The Bertz CT molecular complexity index is 1230. The summed E-state index contributed by atoms with van der Waals surface area (Å²) in [5.41, 5.74) is 1.48. The Morgan fingerprint density at radius 3 is 2.77 bits per heavy atom. The van der Waals surface area contributed by atoms with Gasteiger partial charge in [-0.2, -0.15) is 0 Å². The number of alkyl carbamates (subject to hydrolysis) is 1. The van der Waals surface area contributed by atoms with Crippen LogP contribution in [0.3, 0.4) is 0 Å². The van der Waals surface area contributed by atoms with Crippen LogP contribution in [0.15, 0.2) is 40.9 Å². The van der Waals surface area contributed by atoms with Crippen LogP contribution in [0, 0.1) is 11.3 Å². The third-order valence-electron chi connectivity index (χ3n) is 7.13. The number of carbonyl (C=O) groups excluding carboxylic acids is 2. The van der Waals surface area contributed by atoms with Gasteiger partial charge in [0, 0.05) is 43.2 Å². The van der Waals surface area contributed by atoms with E-state index in [4.69, 9.17) is 25.8 Å². The van der Waals surface area contributed by atoms with Gasteiger partial charge < -0.3 is 24.8 Å². The van der Waals surface area contributed by atoms with Crippen molar-refractivity contribution in [3.8, 4) is 0 Å². The molecule has 184 valence electrons. The molecule has 1 spiro atoms. The zero-order valence-corrected chi connectivity index (χ0v) is 20.3. The predicted molar refractivity (Wildman–Crippen MR) is 131 cm³/mol. The average Bonchev–Trinajstić information content (AvgIpc) is 3.33. The fourth-order valence-electron chi connectivity index (χ4n) is 5.22. The van der Waals surface area contributed by atoms with Crippen LogP contribution in [0.4, 0.5) is 10.6 Å². The highest BCUT2D eigenvalue weighted by atomic mass is 35.5. The van der Waals surface area contributed by atoms with Crippen LogP contribution in [-0.2, 0) is 11.3 Å². The molecule has 10 heteroatoms. The van der Waals surface area contributed by atoms with Gasteiger partial charge in [-0.1, -0.05) is 16.8 Å². The van der Waals surface area contributed by atoms with Crippen molar-refractivity contribution in [2.24, 2.45) is 11.3 Å². The smallest absolute Gasteiger partial charge is 0.407 e. The molecule has 2 fully saturated rings. The SMILES string of the molecule is CNC(=O)c1cc(COC(=O)NCC2CC3(CCN(c4ccc5cc(Cl)ccc5n4)CC3)C2)on1. The molecule has 0 atom stereocenters. The maximum Gasteiger partial charge on any atom is 0.407 e. The van der Waals surface area contributed by atoms with E-state index in [1.807, 2.05) is 18.2 Å². The van der Waals surface area contributed by atoms with E-state index in [2.05, 4.69) is 32.8 Å². The zero-order valence-electron chi connectivity index (χ0n) is 19.6. The molecular weight excluding hydrogens is 470 g/mol. The topological polar surface area (TPSA) is 110 Å². The van der Waals surface area contributed by atoms with E-state index in [-0.39, 0.29) is 18.2 Å². The van der Waals surface area contributed by atoms with Crippen LogP contribution in [0.25, 0.3) is 10.9 Å². The van der Waals surface area contributed by atoms with Gasteiger partial charge in [0.05, 0.1) is 5.52 Å². The molecule has 0 unspecified atom stereocenters. The Morgan fingerprint density at radius 1 is 1.20 bits per heavy atom. The van der Waals surface area contributed by atoms with Gasteiger partial charge in [0.15, 0.2) is 18.1 Å². The second-order valence-corrected chi connectivity index (χ2v) is 9.92. The first-order valence-electron chi connectivity index (χ1n) is 11.8. The number of ether oxygens (including phenoxy) is 1. The number of nitrogens with one attached hydrogen (secondary N) is 2. The van der Waals surface area contributed by atoms with E-state index in [1.54, 1.807) is 0 Å². The summed E-state index contributed by atoms with van der Waals surface area (Å²) < 4.78 is 10.2. The van der Waals surface area contributed by atoms with Crippen LogP contribution in [-0.4, -0.2) is 48.8 Å². The normalized spacial score (nSPS) is 17.3. The van der Waals surface area contributed by atoms with Crippen LogP contribution in [0.2, 0.25) is 5.02 Å². The summed E-state index contributed by atoms with van der Waals surface area (Å²) in [4.78, 5) is 30.7. The number of hydrogen-bond acceptors (Lipinski definition) is 7. The van der Waals surface area contributed by atoms with Crippen LogP contribution in [0.1, 0.15) is 41.9 Å². The van der Waals surface area contributed by atoms with Gasteiger partial charge in [0.1, 0.15) is 5.82 Å². The fourth-order valence-corrected chi connectivity index (χ4v) is 5.40. The molecule has 2 aromatic heterocycles. The molecule has 0 radical (unpaired) electrons. The first kappa shape index (κ1) is 23.4. The monoisotopic (exact) mass is 497 g/mol. The molecule has 2 amide bonds. The number of nitrogens with zero attached hydrogens (tertiary/aromatic N) is 3. The lowest BCUT2D eigenvalue weighted by molar-refractivity contribution is 0.0271. The number of anilines is 1. The van der Waals surface area contributed by atoms with Gasteiger partial charge in [-0.25, -0.2) is 9.78 Å². The number of benzene rings is 1. The molecule has 9 nitrogen and oxygen atoms in total. The molecule has 5 rings (SSSR count). The molecule has 0 bridgehead atoms. The lowest BCUT2D eigenvalue weighted by atomic mass is 9.57. The van der Waals surface area contributed by atoms with E-state index >= 15 is 0 Å². The van der Waals surface area contributed by atoms with Crippen molar-refractivity contribution >= 4 is 40.3 Å². The summed E-state index contributed by atoms with van der Waals surface area (Å²) in [6, 6.07) is 11.4. The summed E-state index contributed by atoms with van der Waals surface area (Å²) in [6.07, 6.45) is 3.99. The number of piperidine rings is 1. The van der Waals surface area contributed by atoms with Gasteiger partial charge in [0.25, 0.3) is 5.91 Å². The summed E-state index contributed by atoms with van der Waals surface area (Å²) in [5.74, 6) is 1.44. The number of halogens is 1. The summed E-state index contributed by atoms with van der Waals surface area (Å²) in [7, 11) is 1.51. The largest absolute Gasteiger partial charge is 0.441 e. The first-order valence-corrected chi connectivity index (χ1v) is 12.2. The standard InChI is InChI=1S/C25H28ClN5O4/c1-27-23(32)21-11-19(35-30-21)15-34-24(33)28-14-16-12-25(13-16)6-8-31(9-7-25)22-5-2-17-10-18(26)3-4-20(17)29-22/h2-5,10-11,16H,6-9,12-15H2,1H3,(H,27,32)(H,28,33). The average molecular weight is 498 g/mol. The molecule has 35 heavy (non-hydrogen) atoms. The molecule has 3 aromatic rings. The maximum atomic E-state index is 12.0. The van der Waals surface area contributed by atoms with Crippen molar-refractivity contribution in [2.45, 2.75) is 32.3 Å². The lowest BCUT2D eigenvalue weighted by Crippen LogP contribution is -2.49. The molecule has 1 aliphatic heterocycles. The third kappa shape index (κ3) is 5.19. The first-order chi connectivity index (χ1) is 16.9. The quantitative estimate of drug-likeness (QED) is 0.526. The van der Waals surface area contributed by atoms with E-state index in [0.717, 1.165) is 60.5 Å². The number of hydrogen-bond donors (Lipinski definition) is 2.